The molecular weight excluding hydrogens is 354 g/mol. The van der Waals surface area contributed by atoms with Gasteiger partial charge >= 0.3 is 5.97 Å². The Morgan fingerprint density at radius 3 is 2.62 bits per heavy atom. The second kappa shape index (κ2) is 7.54. The lowest BCUT2D eigenvalue weighted by Crippen LogP contribution is -2.30. The lowest BCUT2D eigenvalue weighted by atomic mass is 9.98. The highest BCUT2D eigenvalue weighted by atomic mass is 35.5. The number of aliphatic carboxylic acids is 1. The Kier molecular flexibility index (Phi) is 5.19. The molecule has 1 aliphatic heterocycles. The van der Waals surface area contributed by atoms with Gasteiger partial charge in [-0.3, -0.25) is 14.5 Å². The number of carbonyl (C=O) groups is 3. The smallest absolute Gasteiger partial charge is 0.328 e. The average Bonchev–Trinajstić information content (AvgIpc) is 2.89. The van der Waals surface area contributed by atoms with Crippen molar-refractivity contribution < 1.29 is 19.5 Å². The molecule has 1 fully saturated rings. The number of hydrogen-bond acceptors (Lipinski definition) is 3. The van der Waals surface area contributed by atoms with Gasteiger partial charge in [0.15, 0.2) is 0 Å². The monoisotopic (exact) mass is 369 g/mol. The first-order valence-corrected chi connectivity index (χ1v) is 8.44. The molecule has 1 unspecified atom stereocenters. The van der Waals surface area contributed by atoms with Gasteiger partial charge in [0.05, 0.1) is 11.6 Å². The quantitative estimate of drug-likeness (QED) is 0.646. The number of rotatable bonds is 5. The molecule has 0 saturated carbocycles. The third-order valence-electron chi connectivity index (χ3n) is 4.18. The maximum atomic E-state index is 12.7. The van der Waals surface area contributed by atoms with Crippen molar-refractivity contribution in [2.45, 2.75) is 12.8 Å². The van der Waals surface area contributed by atoms with Crippen molar-refractivity contribution in [2.24, 2.45) is 5.92 Å². The van der Waals surface area contributed by atoms with E-state index in [1.165, 1.54) is 11.0 Å². The fraction of sp³-hybridized carbons (Fsp3) is 0.150. The van der Waals surface area contributed by atoms with E-state index in [0.29, 0.717) is 22.7 Å². The summed E-state index contributed by atoms with van der Waals surface area (Å²) >= 11 is 5.87. The molecule has 0 bridgehead atoms. The average molecular weight is 370 g/mol. The second-order valence-electron chi connectivity index (χ2n) is 6.07. The summed E-state index contributed by atoms with van der Waals surface area (Å²) in [7, 11) is 0. The van der Waals surface area contributed by atoms with Crippen molar-refractivity contribution in [3.8, 4) is 0 Å². The van der Waals surface area contributed by atoms with Crippen LogP contribution in [0, 0.1) is 5.92 Å². The van der Waals surface area contributed by atoms with E-state index in [2.05, 4.69) is 0 Å². The van der Waals surface area contributed by atoms with Crippen LogP contribution in [0.4, 0.5) is 5.69 Å². The SMILES string of the molecule is O=C(O)/C=C/c1cccc(N2C(=O)CC(Cc3ccc(Cl)cc3)C2=O)c1. The van der Waals surface area contributed by atoms with Gasteiger partial charge in [0.25, 0.3) is 0 Å². The summed E-state index contributed by atoms with van der Waals surface area (Å²) in [6.45, 7) is 0. The Morgan fingerprint density at radius 1 is 1.19 bits per heavy atom. The normalized spacial score (nSPS) is 17.3. The van der Waals surface area contributed by atoms with Gasteiger partial charge in [-0.15, -0.1) is 0 Å². The zero-order valence-corrected chi connectivity index (χ0v) is 14.5. The van der Waals surface area contributed by atoms with Crippen LogP contribution in [0.2, 0.25) is 5.02 Å². The van der Waals surface area contributed by atoms with Crippen LogP contribution in [0.1, 0.15) is 17.5 Å². The summed E-state index contributed by atoms with van der Waals surface area (Å²) in [5.41, 5.74) is 2.00. The number of anilines is 1. The molecule has 26 heavy (non-hydrogen) atoms. The van der Waals surface area contributed by atoms with Crippen molar-refractivity contribution in [1.29, 1.82) is 0 Å². The number of imide groups is 1. The van der Waals surface area contributed by atoms with E-state index in [0.717, 1.165) is 11.6 Å². The summed E-state index contributed by atoms with van der Waals surface area (Å²) in [4.78, 5) is 36.9. The summed E-state index contributed by atoms with van der Waals surface area (Å²) in [6, 6.07) is 13.9. The maximum Gasteiger partial charge on any atom is 0.328 e. The summed E-state index contributed by atoms with van der Waals surface area (Å²) in [5.74, 6) is -1.98. The van der Waals surface area contributed by atoms with E-state index in [-0.39, 0.29) is 18.2 Å². The predicted molar refractivity (Wildman–Crippen MR) is 98.9 cm³/mol. The number of benzene rings is 2. The Labute approximate surface area is 155 Å². The molecule has 0 aliphatic carbocycles. The molecule has 1 heterocycles. The topological polar surface area (TPSA) is 74.7 Å². The van der Waals surface area contributed by atoms with E-state index in [1.54, 1.807) is 36.4 Å². The third-order valence-corrected chi connectivity index (χ3v) is 4.43. The van der Waals surface area contributed by atoms with Crippen LogP contribution in [0.5, 0.6) is 0 Å². The number of nitrogens with zero attached hydrogens (tertiary/aromatic N) is 1. The minimum absolute atomic E-state index is 0.149. The van der Waals surface area contributed by atoms with Gasteiger partial charge in [0.1, 0.15) is 0 Å². The third kappa shape index (κ3) is 4.00. The molecule has 1 N–H and O–H groups in total. The van der Waals surface area contributed by atoms with Crippen LogP contribution in [0.25, 0.3) is 6.08 Å². The van der Waals surface area contributed by atoms with E-state index >= 15 is 0 Å². The molecule has 1 atom stereocenters. The largest absolute Gasteiger partial charge is 0.478 e. The van der Waals surface area contributed by atoms with Crippen molar-refractivity contribution in [2.75, 3.05) is 4.90 Å². The lowest BCUT2D eigenvalue weighted by Gasteiger charge is -2.15. The fourth-order valence-corrected chi connectivity index (χ4v) is 3.09. The molecule has 6 heteroatoms. The zero-order chi connectivity index (χ0) is 18.7. The van der Waals surface area contributed by atoms with Crippen molar-refractivity contribution in [3.63, 3.8) is 0 Å². The van der Waals surface area contributed by atoms with Crippen LogP contribution in [0.15, 0.2) is 54.6 Å². The summed E-state index contributed by atoms with van der Waals surface area (Å²) in [5, 5.41) is 9.34. The molecule has 2 aromatic rings. The van der Waals surface area contributed by atoms with Gasteiger partial charge in [-0.05, 0) is 47.9 Å². The van der Waals surface area contributed by atoms with Crippen molar-refractivity contribution in [3.05, 3.63) is 70.8 Å². The molecule has 2 aromatic carbocycles. The van der Waals surface area contributed by atoms with Crippen molar-refractivity contribution in [1.82, 2.24) is 0 Å². The minimum atomic E-state index is -1.06. The van der Waals surface area contributed by atoms with Gasteiger partial charge in [-0.2, -0.15) is 0 Å². The summed E-state index contributed by atoms with van der Waals surface area (Å²) in [6.07, 6.45) is 3.05. The molecule has 5 nitrogen and oxygen atoms in total. The number of hydrogen-bond donors (Lipinski definition) is 1. The number of amides is 2. The molecule has 2 amide bonds. The minimum Gasteiger partial charge on any atom is -0.478 e. The van der Waals surface area contributed by atoms with E-state index < -0.39 is 11.9 Å². The van der Waals surface area contributed by atoms with Crippen LogP contribution >= 0.6 is 11.6 Å². The number of carboxylic acids is 1. The highest BCUT2D eigenvalue weighted by Gasteiger charge is 2.39. The predicted octanol–water partition coefficient (Wildman–Crippen LogP) is 3.56. The zero-order valence-electron chi connectivity index (χ0n) is 13.8. The Hall–Kier alpha value is -2.92. The highest BCUT2D eigenvalue weighted by molar-refractivity contribution is 6.30. The standard InChI is InChI=1S/C20H16ClNO4/c21-16-7-4-14(5-8-16)10-15-12-18(23)22(20(15)26)17-3-1-2-13(11-17)6-9-19(24)25/h1-9,11,15H,10,12H2,(H,24,25)/b9-6+. The van der Waals surface area contributed by atoms with Gasteiger partial charge in [-0.25, -0.2) is 4.79 Å². The fourth-order valence-electron chi connectivity index (χ4n) is 2.97. The van der Waals surface area contributed by atoms with Crippen LogP contribution < -0.4 is 4.90 Å². The Balaban J connectivity index is 1.79. The Morgan fingerprint density at radius 2 is 1.92 bits per heavy atom. The molecular formula is C20H16ClNO4. The molecule has 0 aromatic heterocycles. The van der Waals surface area contributed by atoms with Crippen LogP contribution in [0.3, 0.4) is 0 Å². The van der Waals surface area contributed by atoms with Crippen molar-refractivity contribution >= 4 is 41.1 Å². The van der Waals surface area contributed by atoms with Crippen LogP contribution in [-0.2, 0) is 20.8 Å². The van der Waals surface area contributed by atoms with E-state index in [9.17, 15) is 14.4 Å². The molecule has 1 aliphatic rings. The highest BCUT2D eigenvalue weighted by Crippen LogP contribution is 2.29. The summed E-state index contributed by atoms with van der Waals surface area (Å²) < 4.78 is 0. The number of carboxylic acid groups (broad SMARTS) is 1. The second-order valence-corrected chi connectivity index (χ2v) is 6.50. The maximum absolute atomic E-state index is 12.7. The van der Waals surface area contributed by atoms with Gasteiger partial charge in [-0.1, -0.05) is 35.9 Å². The number of carbonyl (C=O) groups excluding carboxylic acids is 2. The molecule has 0 spiro atoms. The van der Waals surface area contributed by atoms with Gasteiger partial charge in [0, 0.05) is 17.5 Å². The first kappa shape index (κ1) is 17.9. The molecule has 132 valence electrons. The van der Waals surface area contributed by atoms with Gasteiger partial charge in [0.2, 0.25) is 11.8 Å². The lowest BCUT2D eigenvalue weighted by molar-refractivity contribution is -0.131. The molecule has 3 rings (SSSR count). The number of halogens is 1. The molecule has 0 radical (unpaired) electrons. The Bertz CT molecular complexity index is 889. The van der Waals surface area contributed by atoms with Crippen LogP contribution in [-0.4, -0.2) is 22.9 Å². The first-order valence-electron chi connectivity index (χ1n) is 8.06. The van der Waals surface area contributed by atoms with Gasteiger partial charge < -0.3 is 5.11 Å². The van der Waals surface area contributed by atoms with E-state index in [1.807, 2.05) is 12.1 Å². The molecule has 1 saturated heterocycles. The first-order chi connectivity index (χ1) is 12.4. The van der Waals surface area contributed by atoms with E-state index in [4.69, 9.17) is 16.7 Å².